The fraction of sp³-hybridized carbons (Fsp3) is 0.222. The van der Waals surface area contributed by atoms with Crippen LogP contribution in [0.15, 0.2) is 48.5 Å². The van der Waals surface area contributed by atoms with Crippen molar-refractivity contribution < 1.29 is 19.1 Å². The number of benzene rings is 2. The molecule has 0 aliphatic rings. The lowest BCUT2D eigenvalue weighted by molar-refractivity contribution is -0.122. The van der Waals surface area contributed by atoms with Crippen LogP contribution in [0.25, 0.3) is 0 Å². The summed E-state index contributed by atoms with van der Waals surface area (Å²) in [6, 6.07) is 14.1. The molecular formula is C18H19NO4. The molecule has 1 N–H and O–H groups in total. The van der Waals surface area contributed by atoms with Crippen LogP contribution in [-0.2, 0) is 9.53 Å². The molecule has 0 aliphatic heterocycles. The van der Waals surface area contributed by atoms with Crippen LogP contribution in [0.2, 0.25) is 0 Å². The minimum Gasteiger partial charge on any atom is -0.481 e. The van der Waals surface area contributed by atoms with Crippen molar-refractivity contribution in [3.05, 3.63) is 59.7 Å². The molecule has 0 saturated heterocycles. The summed E-state index contributed by atoms with van der Waals surface area (Å²) >= 11 is 0. The number of amides is 1. The van der Waals surface area contributed by atoms with Crippen LogP contribution in [-0.4, -0.2) is 25.1 Å². The molecule has 0 heterocycles. The predicted octanol–water partition coefficient (Wildman–Crippen LogP) is 3.19. The molecule has 0 aliphatic carbocycles. The summed E-state index contributed by atoms with van der Waals surface area (Å²) in [4.78, 5) is 24.0. The molecule has 1 atom stereocenters. The summed E-state index contributed by atoms with van der Waals surface area (Å²) in [6.45, 7) is 3.60. The van der Waals surface area contributed by atoms with Crippen LogP contribution in [0.4, 0.5) is 5.69 Å². The maximum atomic E-state index is 12.3. The van der Waals surface area contributed by atoms with E-state index in [1.54, 1.807) is 37.3 Å². The molecule has 5 nitrogen and oxygen atoms in total. The van der Waals surface area contributed by atoms with Crippen LogP contribution >= 0.6 is 0 Å². The average molecular weight is 313 g/mol. The zero-order chi connectivity index (χ0) is 16.8. The number of anilines is 1. The summed E-state index contributed by atoms with van der Waals surface area (Å²) < 4.78 is 10.3. The molecule has 0 saturated carbocycles. The largest absolute Gasteiger partial charge is 0.481 e. The lowest BCUT2D eigenvalue weighted by Gasteiger charge is -2.16. The highest BCUT2D eigenvalue weighted by atomic mass is 16.5. The Balaban J connectivity index is 2.08. The summed E-state index contributed by atoms with van der Waals surface area (Å²) in [5, 5.41) is 2.70. The van der Waals surface area contributed by atoms with Gasteiger partial charge in [-0.1, -0.05) is 24.3 Å². The minimum atomic E-state index is -0.706. The maximum absolute atomic E-state index is 12.3. The minimum absolute atomic E-state index is 0.297. The van der Waals surface area contributed by atoms with E-state index in [1.165, 1.54) is 7.11 Å². The Hall–Kier alpha value is -2.82. The summed E-state index contributed by atoms with van der Waals surface area (Å²) in [5.41, 5.74) is 1.74. The number of carbonyl (C=O) groups is 2. The zero-order valence-corrected chi connectivity index (χ0v) is 13.3. The third-order valence-electron chi connectivity index (χ3n) is 3.26. The van der Waals surface area contributed by atoms with Crippen molar-refractivity contribution in [3.8, 4) is 5.75 Å². The third kappa shape index (κ3) is 4.32. The number of carbonyl (C=O) groups excluding carboxylic acids is 2. The fourth-order valence-corrected chi connectivity index (χ4v) is 2.06. The second kappa shape index (κ2) is 7.45. The predicted molar refractivity (Wildman–Crippen MR) is 87.7 cm³/mol. The average Bonchev–Trinajstić information content (AvgIpc) is 2.54. The van der Waals surface area contributed by atoms with Gasteiger partial charge in [-0.15, -0.1) is 0 Å². The van der Waals surface area contributed by atoms with Crippen LogP contribution in [0.3, 0.4) is 0 Å². The molecule has 1 amide bonds. The van der Waals surface area contributed by atoms with Crippen molar-refractivity contribution in [1.29, 1.82) is 0 Å². The van der Waals surface area contributed by atoms with Gasteiger partial charge >= 0.3 is 5.97 Å². The Morgan fingerprint density at radius 1 is 1.09 bits per heavy atom. The Labute approximate surface area is 135 Å². The van der Waals surface area contributed by atoms with Gasteiger partial charge in [0, 0.05) is 0 Å². The van der Waals surface area contributed by atoms with Crippen molar-refractivity contribution in [2.75, 3.05) is 12.4 Å². The van der Waals surface area contributed by atoms with Gasteiger partial charge in [0.15, 0.2) is 6.10 Å². The van der Waals surface area contributed by atoms with Crippen molar-refractivity contribution >= 4 is 17.6 Å². The normalized spacial score (nSPS) is 11.4. The first-order valence-electron chi connectivity index (χ1n) is 7.23. The van der Waals surface area contributed by atoms with E-state index in [2.05, 4.69) is 5.32 Å². The Kier molecular flexibility index (Phi) is 5.36. The number of ether oxygens (including phenoxy) is 2. The lowest BCUT2D eigenvalue weighted by atomic mass is 10.1. The number of hydrogen-bond acceptors (Lipinski definition) is 4. The maximum Gasteiger partial charge on any atom is 0.339 e. The van der Waals surface area contributed by atoms with E-state index in [1.807, 2.05) is 25.1 Å². The molecule has 0 fully saturated rings. The van der Waals surface area contributed by atoms with Crippen molar-refractivity contribution in [2.24, 2.45) is 0 Å². The first kappa shape index (κ1) is 16.5. The van der Waals surface area contributed by atoms with Crippen molar-refractivity contribution in [1.82, 2.24) is 0 Å². The number of nitrogens with one attached hydrogen (secondary N) is 1. The molecule has 0 bridgehead atoms. The van der Waals surface area contributed by atoms with E-state index in [0.29, 0.717) is 17.0 Å². The summed E-state index contributed by atoms with van der Waals surface area (Å²) in [6.07, 6.45) is -0.706. The van der Waals surface area contributed by atoms with Gasteiger partial charge in [-0.3, -0.25) is 4.79 Å². The summed E-state index contributed by atoms with van der Waals surface area (Å²) in [7, 11) is 1.30. The zero-order valence-electron chi connectivity index (χ0n) is 13.3. The van der Waals surface area contributed by atoms with E-state index >= 15 is 0 Å². The lowest BCUT2D eigenvalue weighted by Crippen LogP contribution is -2.30. The Morgan fingerprint density at radius 3 is 2.52 bits per heavy atom. The van der Waals surface area contributed by atoms with Crippen LogP contribution in [0.1, 0.15) is 22.8 Å². The molecule has 2 rings (SSSR count). The number of esters is 1. The SMILES string of the molecule is COC(=O)c1ccccc1NC(=O)[C@H](C)Oc1cccc(C)c1. The first-order chi connectivity index (χ1) is 11.0. The third-order valence-corrected chi connectivity index (χ3v) is 3.26. The van der Waals surface area contributed by atoms with E-state index in [-0.39, 0.29) is 5.91 Å². The highest BCUT2D eigenvalue weighted by molar-refractivity contribution is 6.02. The molecule has 0 unspecified atom stereocenters. The second-order valence-corrected chi connectivity index (χ2v) is 5.10. The monoisotopic (exact) mass is 313 g/mol. The highest BCUT2D eigenvalue weighted by Crippen LogP contribution is 2.18. The van der Waals surface area contributed by atoms with Crippen molar-refractivity contribution in [3.63, 3.8) is 0 Å². The smallest absolute Gasteiger partial charge is 0.339 e. The number of aryl methyl sites for hydroxylation is 1. The number of hydrogen-bond donors (Lipinski definition) is 1. The molecule has 2 aromatic carbocycles. The molecule has 2 aromatic rings. The van der Waals surface area contributed by atoms with E-state index in [0.717, 1.165) is 5.56 Å². The van der Waals surface area contributed by atoms with Gasteiger partial charge in [-0.05, 0) is 43.7 Å². The molecule has 0 aromatic heterocycles. The molecule has 23 heavy (non-hydrogen) atoms. The van der Waals surface area contributed by atoms with Gasteiger partial charge in [0.25, 0.3) is 5.91 Å². The Bertz CT molecular complexity index is 712. The molecule has 120 valence electrons. The number of methoxy groups -OCH3 is 1. The Morgan fingerprint density at radius 2 is 1.83 bits per heavy atom. The highest BCUT2D eigenvalue weighted by Gasteiger charge is 2.18. The van der Waals surface area contributed by atoms with E-state index < -0.39 is 12.1 Å². The van der Waals surface area contributed by atoms with Gasteiger partial charge in [-0.2, -0.15) is 0 Å². The number of para-hydroxylation sites is 1. The molecule has 0 spiro atoms. The van der Waals surface area contributed by atoms with E-state index in [4.69, 9.17) is 9.47 Å². The van der Waals surface area contributed by atoms with Crippen LogP contribution in [0, 0.1) is 6.92 Å². The standard InChI is InChI=1S/C18H19NO4/c1-12-7-6-8-14(11-12)23-13(2)17(20)19-16-10-5-4-9-15(16)18(21)22-3/h4-11,13H,1-3H3,(H,19,20)/t13-/m0/s1. The van der Waals surface area contributed by atoms with Crippen LogP contribution in [0.5, 0.6) is 5.75 Å². The summed E-state index contributed by atoms with van der Waals surface area (Å²) in [5.74, 6) is -0.232. The van der Waals surface area contributed by atoms with Gasteiger partial charge in [0.05, 0.1) is 18.4 Å². The van der Waals surface area contributed by atoms with Gasteiger partial charge in [0.1, 0.15) is 5.75 Å². The van der Waals surface area contributed by atoms with Gasteiger partial charge < -0.3 is 14.8 Å². The topological polar surface area (TPSA) is 64.6 Å². The fourth-order valence-electron chi connectivity index (χ4n) is 2.06. The van der Waals surface area contributed by atoms with Gasteiger partial charge in [0.2, 0.25) is 0 Å². The molecular weight excluding hydrogens is 294 g/mol. The molecule has 5 heteroatoms. The number of rotatable bonds is 5. The van der Waals surface area contributed by atoms with Crippen LogP contribution < -0.4 is 10.1 Å². The van der Waals surface area contributed by atoms with Crippen molar-refractivity contribution in [2.45, 2.75) is 20.0 Å². The molecule has 0 radical (unpaired) electrons. The second-order valence-electron chi connectivity index (χ2n) is 5.10. The quantitative estimate of drug-likeness (QED) is 0.861. The van der Waals surface area contributed by atoms with E-state index in [9.17, 15) is 9.59 Å². The first-order valence-corrected chi connectivity index (χ1v) is 7.23. The van der Waals surface area contributed by atoms with Gasteiger partial charge in [-0.25, -0.2) is 4.79 Å².